The van der Waals surface area contributed by atoms with Gasteiger partial charge in [-0.3, -0.25) is 0 Å². The van der Waals surface area contributed by atoms with Crippen LogP contribution in [0.2, 0.25) is 0 Å². The van der Waals surface area contributed by atoms with E-state index in [1.165, 1.54) is 0 Å². The van der Waals surface area contributed by atoms with Crippen molar-refractivity contribution >= 4 is 11.8 Å². The Hall–Kier alpha value is -2.56. The molecule has 1 aromatic carbocycles. The molecule has 1 aliphatic rings. The number of benzene rings is 1. The van der Waals surface area contributed by atoms with Crippen molar-refractivity contribution in [2.45, 2.75) is 26.3 Å². The highest BCUT2D eigenvalue weighted by Crippen LogP contribution is 2.25. The van der Waals surface area contributed by atoms with Crippen molar-refractivity contribution in [3.05, 3.63) is 52.7 Å². The number of rotatable bonds is 5. The van der Waals surface area contributed by atoms with E-state index in [9.17, 15) is 4.79 Å². The van der Waals surface area contributed by atoms with E-state index in [-0.39, 0.29) is 5.97 Å². The molecule has 0 aliphatic carbocycles. The predicted octanol–water partition coefficient (Wildman–Crippen LogP) is 2.98. The molecule has 0 saturated heterocycles. The predicted molar refractivity (Wildman–Crippen MR) is 87.9 cm³/mol. The SMILES string of the molecule is CCc1cc2c(c(NCc3ccc(OC)cc3)n1)C(=O)OCC2. The first-order chi connectivity index (χ1) is 11.2. The highest BCUT2D eigenvalue weighted by atomic mass is 16.5. The van der Waals surface area contributed by atoms with Crippen LogP contribution in [0.15, 0.2) is 30.3 Å². The van der Waals surface area contributed by atoms with Crippen LogP contribution in [-0.4, -0.2) is 24.7 Å². The summed E-state index contributed by atoms with van der Waals surface area (Å²) in [5, 5.41) is 3.28. The first-order valence-corrected chi connectivity index (χ1v) is 7.78. The van der Waals surface area contributed by atoms with Crippen LogP contribution in [0, 0.1) is 0 Å². The summed E-state index contributed by atoms with van der Waals surface area (Å²) in [7, 11) is 1.64. The minimum atomic E-state index is -0.293. The fourth-order valence-electron chi connectivity index (χ4n) is 2.65. The molecule has 3 rings (SSSR count). The maximum absolute atomic E-state index is 12.1. The minimum absolute atomic E-state index is 0.293. The van der Waals surface area contributed by atoms with Gasteiger partial charge in [0.05, 0.1) is 13.7 Å². The highest BCUT2D eigenvalue weighted by molar-refractivity contribution is 5.97. The number of esters is 1. The third-order valence-electron chi connectivity index (χ3n) is 3.94. The Bertz CT molecular complexity index is 711. The maximum Gasteiger partial charge on any atom is 0.342 e. The van der Waals surface area contributed by atoms with E-state index in [1.807, 2.05) is 30.3 Å². The van der Waals surface area contributed by atoms with E-state index in [2.05, 4.69) is 17.2 Å². The number of cyclic esters (lactones) is 1. The minimum Gasteiger partial charge on any atom is -0.497 e. The molecule has 0 amide bonds. The summed E-state index contributed by atoms with van der Waals surface area (Å²) >= 11 is 0. The molecule has 0 unspecified atom stereocenters. The molecule has 1 aromatic heterocycles. The van der Waals surface area contributed by atoms with Crippen LogP contribution in [0.4, 0.5) is 5.82 Å². The lowest BCUT2D eigenvalue weighted by Gasteiger charge is -2.20. The van der Waals surface area contributed by atoms with Crippen LogP contribution in [-0.2, 0) is 24.1 Å². The Morgan fingerprint density at radius 1 is 1.30 bits per heavy atom. The van der Waals surface area contributed by atoms with E-state index in [0.717, 1.165) is 35.4 Å². The molecule has 5 heteroatoms. The molecule has 1 aliphatic heterocycles. The zero-order valence-electron chi connectivity index (χ0n) is 13.4. The molecule has 0 atom stereocenters. The number of hydrogen-bond donors (Lipinski definition) is 1. The number of nitrogens with zero attached hydrogens (tertiary/aromatic N) is 1. The van der Waals surface area contributed by atoms with Crippen LogP contribution in [0.5, 0.6) is 5.75 Å². The molecule has 5 nitrogen and oxygen atoms in total. The van der Waals surface area contributed by atoms with Gasteiger partial charge in [-0.05, 0) is 35.7 Å². The lowest BCUT2D eigenvalue weighted by atomic mass is 10.0. The lowest BCUT2D eigenvalue weighted by Crippen LogP contribution is -2.21. The number of nitrogens with one attached hydrogen (secondary N) is 1. The number of carbonyl (C=O) groups is 1. The fourth-order valence-corrected chi connectivity index (χ4v) is 2.65. The van der Waals surface area contributed by atoms with Crippen molar-refractivity contribution in [2.24, 2.45) is 0 Å². The monoisotopic (exact) mass is 312 g/mol. The number of anilines is 1. The molecule has 120 valence electrons. The van der Waals surface area contributed by atoms with Gasteiger partial charge < -0.3 is 14.8 Å². The Kier molecular flexibility index (Phi) is 4.46. The average Bonchev–Trinajstić information content (AvgIpc) is 2.60. The second kappa shape index (κ2) is 6.69. The van der Waals surface area contributed by atoms with Gasteiger partial charge in [0.25, 0.3) is 0 Å². The van der Waals surface area contributed by atoms with E-state index in [1.54, 1.807) is 7.11 Å². The smallest absolute Gasteiger partial charge is 0.342 e. The summed E-state index contributed by atoms with van der Waals surface area (Å²) in [5.74, 6) is 1.14. The summed E-state index contributed by atoms with van der Waals surface area (Å²) in [6, 6.07) is 9.81. The number of aromatic nitrogens is 1. The van der Waals surface area contributed by atoms with Gasteiger partial charge in [-0.15, -0.1) is 0 Å². The summed E-state index contributed by atoms with van der Waals surface area (Å²) in [6.07, 6.45) is 1.58. The number of pyridine rings is 1. The Balaban J connectivity index is 1.84. The van der Waals surface area contributed by atoms with Gasteiger partial charge in [-0.2, -0.15) is 0 Å². The average molecular weight is 312 g/mol. The van der Waals surface area contributed by atoms with Crippen molar-refractivity contribution in [3.8, 4) is 5.75 Å². The zero-order valence-corrected chi connectivity index (χ0v) is 13.4. The number of fused-ring (bicyclic) bond motifs is 1. The molecule has 2 aromatic rings. The largest absolute Gasteiger partial charge is 0.497 e. The normalized spacial score (nSPS) is 13.2. The molecule has 0 fully saturated rings. The second-order valence-corrected chi connectivity index (χ2v) is 5.44. The van der Waals surface area contributed by atoms with Crippen molar-refractivity contribution in [2.75, 3.05) is 19.0 Å². The van der Waals surface area contributed by atoms with Gasteiger partial charge in [-0.25, -0.2) is 9.78 Å². The summed E-state index contributed by atoms with van der Waals surface area (Å²) in [4.78, 5) is 16.6. The first-order valence-electron chi connectivity index (χ1n) is 7.78. The van der Waals surface area contributed by atoms with E-state index in [4.69, 9.17) is 9.47 Å². The molecule has 23 heavy (non-hydrogen) atoms. The molecule has 0 spiro atoms. The van der Waals surface area contributed by atoms with E-state index < -0.39 is 0 Å². The highest BCUT2D eigenvalue weighted by Gasteiger charge is 2.24. The number of methoxy groups -OCH3 is 1. The Morgan fingerprint density at radius 2 is 2.09 bits per heavy atom. The van der Waals surface area contributed by atoms with Crippen molar-refractivity contribution in [1.82, 2.24) is 4.98 Å². The topological polar surface area (TPSA) is 60.5 Å². The second-order valence-electron chi connectivity index (χ2n) is 5.44. The van der Waals surface area contributed by atoms with Gasteiger partial charge in [0.15, 0.2) is 0 Å². The molecule has 0 radical (unpaired) electrons. The lowest BCUT2D eigenvalue weighted by molar-refractivity contribution is 0.0481. The number of hydrogen-bond acceptors (Lipinski definition) is 5. The standard InChI is InChI=1S/C18H20N2O3/c1-3-14-10-13-8-9-23-18(21)16(13)17(20-14)19-11-12-4-6-15(22-2)7-5-12/h4-7,10H,3,8-9,11H2,1-2H3,(H,19,20). The van der Waals surface area contributed by atoms with Crippen LogP contribution < -0.4 is 10.1 Å². The summed E-state index contributed by atoms with van der Waals surface area (Å²) < 4.78 is 10.3. The molecule has 0 bridgehead atoms. The molecule has 2 heterocycles. The number of carbonyl (C=O) groups excluding carboxylic acids is 1. The van der Waals surface area contributed by atoms with Crippen LogP contribution >= 0.6 is 0 Å². The van der Waals surface area contributed by atoms with E-state index in [0.29, 0.717) is 24.5 Å². The van der Waals surface area contributed by atoms with Gasteiger partial charge >= 0.3 is 5.97 Å². The van der Waals surface area contributed by atoms with Gasteiger partial charge in [-0.1, -0.05) is 19.1 Å². The van der Waals surface area contributed by atoms with Gasteiger partial charge in [0.2, 0.25) is 0 Å². The van der Waals surface area contributed by atoms with E-state index >= 15 is 0 Å². The fraction of sp³-hybridized carbons (Fsp3) is 0.333. The van der Waals surface area contributed by atoms with Crippen LogP contribution in [0.3, 0.4) is 0 Å². The third-order valence-corrected chi connectivity index (χ3v) is 3.94. The quantitative estimate of drug-likeness (QED) is 0.860. The molecule has 0 saturated carbocycles. The maximum atomic E-state index is 12.1. The van der Waals surface area contributed by atoms with Crippen molar-refractivity contribution < 1.29 is 14.3 Å². The summed E-state index contributed by atoms with van der Waals surface area (Å²) in [6.45, 7) is 3.09. The van der Waals surface area contributed by atoms with Crippen molar-refractivity contribution in [3.63, 3.8) is 0 Å². The third kappa shape index (κ3) is 3.28. The van der Waals surface area contributed by atoms with Crippen LogP contribution in [0.25, 0.3) is 0 Å². The van der Waals surface area contributed by atoms with Crippen LogP contribution in [0.1, 0.15) is 34.1 Å². The zero-order chi connectivity index (χ0) is 16.2. The number of ether oxygens (including phenoxy) is 2. The van der Waals surface area contributed by atoms with Gasteiger partial charge in [0.1, 0.15) is 17.1 Å². The number of aryl methyl sites for hydroxylation is 1. The van der Waals surface area contributed by atoms with Gasteiger partial charge in [0, 0.05) is 18.7 Å². The summed E-state index contributed by atoms with van der Waals surface area (Å²) in [5.41, 5.74) is 3.66. The Morgan fingerprint density at radius 3 is 2.78 bits per heavy atom. The Labute approximate surface area is 135 Å². The molecular weight excluding hydrogens is 292 g/mol. The van der Waals surface area contributed by atoms with Crippen molar-refractivity contribution in [1.29, 1.82) is 0 Å². The molecular formula is C18H20N2O3. The molecule has 1 N–H and O–H groups in total. The first kappa shape index (κ1) is 15.3.